The van der Waals surface area contributed by atoms with E-state index in [0.29, 0.717) is 46.9 Å². The summed E-state index contributed by atoms with van der Waals surface area (Å²) >= 11 is 0. The minimum absolute atomic E-state index is 0.209. The van der Waals surface area contributed by atoms with Crippen molar-refractivity contribution in [3.8, 4) is 17.1 Å². The highest BCUT2D eigenvalue weighted by molar-refractivity contribution is 7.66. The first-order chi connectivity index (χ1) is 18.6. The summed E-state index contributed by atoms with van der Waals surface area (Å²) in [5, 5.41) is 8.91. The summed E-state index contributed by atoms with van der Waals surface area (Å²) in [5.41, 5.74) is 5.88. The number of hydrogen-bond acceptors (Lipinski definition) is 5. The van der Waals surface area contributed by atoms with Gasteiger partial charge >= 0.3 is 0 Å². The normalized spacial score (nSPS) is 16.6. The highest BCUT2D eigenvalue weighted by Crippen LogP contribution is 2.45. The van der Waals surface area contributed by atoms with Gasteiger partial charge in [-0.05, 0) is 66.6 Å². The highest BCUT2D eigenvalue weighted by Gasteiger charge is 2.23. The van der Waals surface area contributed by atoms with Crippen LogP contribution in [-0.2, 0) is 13.6 Å². The summed E-state index contributed by atoms with van der Waals surface area (Å²) in [6, 6.07) is 10.3. The Morgan fingerprint density at radius 1 is 1.10 bits per heavy atom. The lowest BCUT2D eigenvalue weighted by Crippen LogP contribution is -2.19. The number of ether oxygens (including phenoxy) is 1. The smallest absolute Gasteiger partial charge is 0.258 e. The Morgan fingerprint density at radius 2 is 1.87 bits per heavy atom. The van der Waals surface area contributed by atoms with Crippen LogP contribution in [0.4, 0.5) is 5.95 Å². The number of fused-ring (bicyclic) bond motifs is 7. The number of carbonyl (C=O) groups is 1. The molecule has 1 N–H and O–H groups in total. The number of nitrogens with zero attached hydrogens (tertiary/aromatic N) is 5. The lowest BCUT2D eigenvalue weighted by Gasteiger charge is -2.26. The van der Waals surface area contributed by atoms with Crippen LogP contribution in [-0.4, -0.2) is 48.1 Å². The molecule has 1 aromatic carbocycles. The number of rotatable bonds is 3. The van der Waals surface area contributed by atoms with E-state index in [-0.39, 0.29) is 13.8 Å². The fraction of sp³-hybridized carbons (Fsp3) is 0.467. The Balaban J connectivity index is 1.61. The van der Waals surface area contributed by atoms with E-state index in [1.54, 1.807) is 23.0 Å². The monoisotopic (exact) mass is 546 g/mol. The Kier molecular flexibility index (Phi) is 7.77. The molecule has 3 aromatic heterocycles. The van der Waals surface area contributed by atoms with Gasteiger partial charge in [0.15, 0.2) is 0 Å². The molecule has 0 saturated carbocycles. The number of nitrogens with one attached hydrogen (secondary N) is 1. The van der Waals surface area contributed by atoms with Crippen LogP contribution in [0.3, 0.4) is 0 Å². The summed E-state index contributed by atoms with van der Waals surface area (Å²) in [6.07, 6.45) is 3.64. The van der Waals surface area contributed by atoms with Crippen LogP contribution in [0.1, 0.15) is 63.5 Å². The summed E-state index contributed by atoms with van der Waals surface area (Å²) in [5.74, 6) is 1.41. The van der Waals surface area contributed by atoms with Crippen molar-refractivity contribution in [1.29, 1.82) is 0 Å². The maximum Gasteiger partial charge on any atom is 0.258 e. The van der Waals surface area contributed by atoms with Crippen molar-refractivity contribution in [1.82, 2.24) is 24.3 Å². The van der Waals surface area contributed by atoms with Gasteiger partial charge in [-0.15, -0.1) is 0 Å². The summed E-state index contributed by atoms with van der Waals surface area (Å²) in [6.45, 7) is 14.7. The lowest BCUT2D eigenvalue weighted by molar-refractivity contribution is 0.102. The molecule has 1 atom stereocenters. The second kappa shape index (κ2) is 11.1. The van der Waals surface area contributed by atoms with Gasteiger partial charge in [-0.1, -0.05) is 48.6 Å². The van der Waals surface area contributed by atoms with Crippen molar-refractivity contribution >= 4 is 36.1 Å². The van der Waals surface area contributed by atoms with E-state index in [9.17, 15) is 4.79 Å². The number of imidazole rings is 1. The van der Waals surface area contributed by atoms with E-state index in [2.05, 4.69) is 67.8 Å². The quantitative estimate of drug-likeness (QED) is 0.313. The molecule has 0 radical (unpaired) electrons. The van der Waals surface area contributed by atoms with Crippen molar-refractivity contribution in [3.63, 3.8) is 0 Å². The van der Waals surface area contributed by atoms with Crippen molar-refractivity contribution in [2.45, 2.75) is 72.2 Å². The number of anilines is 1. The molecule has 1 aliphatic heterocycles. The van der Waals surface area contributed by atoms with E-state index in [1.165, 1.54) is 5.30 Å². The van der Waals surface area contributed by atoms with Crippen molar-refractivity contribution < 1.29 is 9.53 Å². The van der Waals surface area contributed by atoms with Gasteiger partial charge in [0.1, 0.15) is 0 Å². The standard InChI is InChI=1S/C30H39N6O2P/c1-18(2)39(19(3)4)23-10-11-25-27(15-23)36-17-20(5)9-8-12-38-29-24(16-31-35(29)7)26-14-22(13-21(6)32-26)28(37)34-30(36)33-25/h10-11,13-16,18-20H,8-9,12,17H2,1-7H3,(H,33,34,37). The first kappa shape index (κ1) is 27.3. The topological polar surface area (TPSA) is 86.9 Å². The number of aryl methyl sites for hydroxylation is 2. The molecular weight excluding hydrogens is 507 g/mol. The molecule has 0 saturated heterocycles. The zero-order chi connectivity index (χ0) is 27.8. The van der Waals surface area contributed by atoms with Gasteiger partial charge in [-0.25, -0.2) is 9.67 Å². The number of benzene rings is 1. The van der Waals surface area contributed by atoms with Crippen LogP contribution in [0.2, 0.25) is 0 Å². The number of aromatic nitrogens is 5. The second-order valence-corrected chi connectivity index (χ2v) is 14.6. The van der Waals surface area contributed by atoms with Crippen molar-refractivity contribution in [2.24, 2.45) is 13.0 Å². The number of pyridine rings is 1. The molecule has 39 heavy (non-hydrogen) atoms. The van der Waals surface area contributed by atoms with Crippen molar-refractivity contribution in [2.75, 3.05) is 11.9 Å². The summed E-state index contributed by atoms with van der Waals surface area (Å²) in [7, 11) is 1.55. The summed E-state index contributed by atoms with van der Waals surface area (Å²) in [4.78, 5) is 23.2. The van der Waals surface area contributed by atoms with Crippen LogP contribution >= 0.6 is 7.92 Å². The van der Waals surface area contributed by atoms with E-state index in [1.807, 2.05) is 14.0 Å². The molecule has 4 heterocycles. The van der Waals surface area contributed by atoms with Crippen LogP contribution in [0.5, 0.6) is 5.88 Å². The predicted octanol–water partition coefficient (Wildman–Crippen LogP) is 6.13. The average molecular weight is 547 g/mol. The van der Waals surface area contributed by atoms with Gasteiger partial charge in [0, 0.05) is 24.8 Å². The third kappa shape index (κ3) is 5.58. The number of amides is 1. The van der Waals surface area contributed by atoms with Gasteiger partial charge in [0.25, 0.3) is 5.91 Å². The van der Waals surface area contributed by atoms with E-state index in [0.717, 1.165) is 41.7 Å². The third-order valence-corrected chi connectivity index (χ3v) is 10.4. The Labute approximate surface area is 231 Å². The van der Waals surface area contributed by atoms with E-state index < -0.39 is 0 Å². The van der Waals surface area contributed by atoms with Crippen LogP contribution in [0.25, 0.3) is 22.3 Å². The largest absolute Gasteiger partial charge is 0.477 e. The maximum atomic E-state index is 13.6. The van der Waals surface area contributed by atoms with Gasteiger partial charge in [0.05, 0.1) is 35.1 Å². The Morgan fingerprint density at radius 3 is 2.62 bits per heavy atom. The molecule has 0 aliphatic carbocycles. The average Bonchev–Trinajstić information content (AvgIpc) is 3.40. The molecule has 5 rings (SSSR count). The Hall–Kier alpha value is -3.25. The third-order valence-electron chi connectivity index (χ3n) is 7.32. The van der Waals surface area contributed by atoms with Gasteiger partial charge in [-0.2, -0.15) is 5.10 Å². The predicted molar refractivity (Wildman–Crippen MR) is 160 cm³/mol. The molecule has 0 spiro atoms. The van der Waals surface area contributed by atoms with E-state index in [4.69, 9.17) is 14.7 Å². The minimum Gasteiger partial charge on any atom is -0.477 e. The maximum absolute atomic E-state index is 13.6. The number of carbonyl (C=O) groups excluding carboxylic acids is 1. The molecule has 206 valence electrons. The molecule has 1 amide bonds. The second-order valence-electron chi connectivity index (χ2n) is 11.2. The first-order valence-corrected chi connectivity index (χ1v) is 15.3. The van der Waals surface area contributed by atoms with Crippen LogP contribution < -0.4 is 15.4 Å². The zero-order valence-electron chi connectivity index (χ0n) is 24.0. The molecule has 8 nitrogen and oxygen atoms in total. The minimum atomic E-state index is -0.315. The summed E-state index contributed by atoms with van der Waals surface area (Å²) < 4.78 is 10.1. The van der Waals surface area contributed by atoms with Crippen LogP contribution in [0, 0.1) is 12.8 Å². The Bertz CT molecular complexity index is 1500. The fourth-order valence-corrected chi connectivity index (χ4v) is 8.54. The first-order valence-electron chi connectivity index (χ1n) is 13.9. The van der Waals surface area contributed by atoms with E-state index >= 15 is 0 Å². The van der Waals surface area contributed by atoms with Gasteiger partial charge in [0.2, 0.25) is 11.8 Å². The molecule has 1 aliphatic rings. The van der Waals surface area contributed by atoms with Crippen molar-refractivity contribution in [3.05, 3.63) is 47.8 Å². The molecular formula is C30H39N6O2P. The lowest BCUT2D eigenvalue weighted by atomic mass is 10.1. The SMILES string of the molecule is Cc1cc2cc(n1)-c1cnn(C)c1OCCCC(C)Cn1c(nc3ccc(P(C(C)C)C(C)C)cc31)NC2=O. The molecule has 4 aromatic rings. The fourth-order valence-electron chi connectivity index (χ4n) is 5.63. The van der Waals surface area contributed by atoms with Gasteiger partial charge < -0.3 is 9.30 Å². The van der Waals surface area contributed by atoms with Crippen LogP contribution in [0.15, 0.2) is 36.5 Å². The molecule has 0 fully saturated rings. The number of hydrogen-bond donors (Lipinski definition) is 1. The molecule has 1 unspecified atom stereocenters. The zero-order valence-corrected chi connectivity index (χ0v) is 24.9. The highest BCUT2D eigenvalue weighted by atomic mass is 31.1. The molecule has 9 heteroatoms. The van der Waals surface area contributed by atoms with Gasteiger partial charge in [-0.3, -0.25) is 15.1 Å². The molecule has 2 bridgehead atoms.